The molecule has 1 aliphatic carbocycles. The zero-order valence-electron chi connectivity index (χ0n) is 12.4. The van der Waals surface area contributed by atoms with Crippen molar-refractivity contribution >= 4 is 0 Å². The van der Waals surface area contributed by atoms with Gasteiger partial charge in [-0.25, -0.2) is 0 Å². The summed E-state index contributed by atoms with van der Waals surface area (Å²) in [5.74, 6) is 0.999. The summed E-state index contributed by atoms with van der Waals surface area (Å²) in [7, 11) is 3.95. The lowest BCUT2D eigenvalue weighted by atomic mass is 10.1. The Morgan fingerprint density at radius 1 is 1.37 bits per heavy atom. The second-order valence-electron chi connectivity index (χ2n) is 5.57. The smallest absolute Gasteiger partial charge is 0.122 e. The van der Waals surface area contributed by atoms with Gasteiger partial charge in [0.1, 0.15) is 5.75 Å². The highest BCUT2D eigenvalue weighted by Gasteiger charge is 2.20. The third kappa shape index (κ3) is 4.51. The van der Waals surface area contributed by atoms with Crippen molar-refractivity contribution < 1.29 is 4.74 Å². The van der Waals surface area contributed by atoms with Gasteiger partial charge in [-0.05, 0) is 44.9 Å². The molecule has 106 valence electrons. The molecule has 1 atom stereocenters. The molecule has 19 heavy (non-hydrogen) atoms. The fraction of sp³-hybridized carbons (Fsp3) is 0.625. The van der Waals surface area contributed by atoms with E-state index in [4.69, 9.17) is 4.74 Å². The second kappa shape index (κ2) is 6.92. The zero-order valence-corrected chi connectivity index (χ0v) is 12.4. The van der Waals surface area contributed by atoms with Crippen LogP contribution in [-0.4, -0.2) is 44.2 Å². The van der Waals surface area contributed by atoms with E-state index in [2.05, 4.69) is 36.3 Å². The number of nitrogens with zero attached hydrogens (tertiary/aromatic N) is 1. The van der Waals surface area contributed by atoms with Gasteiger partial charge in [0.25, 0.3) is 0 Å². The molecule has 3 nitrogen and oxygen atoms in total. The molecule has 0 heterocycles. The second-order valence-corrected chi connectivity index (χ2v) is 5.57. The summed E-state index contributed by atoms with van der Waals surface area (Å²) in [6, 6.07) is 9.63. The molecule has 0 amide bonds. The van der Waals surface area contributed by atoms with E-state index < -0.39 is 0 Å². The van der Waals surface area contributed by atoms with Crippen LogP contribution in [0.15, 0.2) is 24.3 Å². The summed E-state index contributed by atoms with van der Waals surface area (Å²) < 4.78 is 5.42. The van der Waals surface area contributed by atoms with Gasteiger partial charge in [-0.1, -0.05) is 18.2 Å². The molecular weight excluding hydrogens is 236 g/mol. The van der Waals surface area contributed by atoms with Gasteiger partial charge in [-0.15, -0.1) is 0 Å². The highest BCUT2D eigenvalue weighted by molar-refractivity contribution is 5.33. The van der Waals surface area contributed by atoms with Gasteiger partial charge in [0.15, 0.2) is 0 Å². The number of methoxy groups -OCH3 is 1. The zero-order chi connectivity index (χ0) is 13.7. The first kappa shape index (κ1) is 14.4. The van der Waals surface area contributed by atoms with Crippen molar-refractivity contribution in [3.05, 3.63) is 29.8 Å². The maximum atomic E-state index is 5.42. The quantitative estimate of drug-likeness (QED) is 0.778. The highest BCUT2D eigenvalue weighted by Crippen LogP contribution is 2.20. The Balaban J connectivity index is 1.79. The lowest BCUT2D eigenvalue weighted by molar-refractivity contribution is 0.254. The van der Waals surface area contributed by atoms with Crippen LogP contribution in [0.5, 0.6) is 5.75 Å². The fourth-order valence-electron chi connectivity index (χ4n) is 2.30. The molecule has 1 saturated carbocycles. The van der Waals surface area contributed by atoms with E-state index in [1.54, 1.807) is 7.11 Å². The Labute approximate surface area is 116 Å². The van der Waals surface area contributed by atoms with Crippen LogP contribution in [-0.2, 0) is 6.42 Å². The maximum absolute atomic E-state index is 5.42. The van der Waals surface area contributed by atoms with Crippen LogP contribution in [0.4, 0.5) is 0 Å². The Morgan fingerprint density at radius 3 is 2.79 bits per heavy atom. The number of para-hydroxylation sites is 1. The van der Waals surface area contributed by atoms with E-state index in [0.717, 1.165) is 31.3 Å². The van der Waals surface area contributed by atoms with Crippen LogP contribution in [0, 0.1) is 0 Å². The first-order chi connectivity index (χ1) is 9.20. The van der Waals surface area contributed by atoms with Crippen molar-refractivity contribution in [1.82, 2.24) is 10.2 Å². The fourth-order valence-corrected chi connectivity index (χ4v) is 2.30. The van der Waals surface area contributed by atoms with Crippen LogP contribution in [0.1, 0.15) is 25.3 Å². The molecule has 1 aromatic rings. The molecule has 1 fully saturated rings. The van der Waals surface area contributed by atoms with Gasteiger partial charge in [0.05, 0.1) is 7.11 Å². The molecule has 1 N–H and O–H groups in total. The molecule has 2 rings (SSSR count). The minimum atomic E-state index is 0.525. The standard InChI is InChI=1S/C16H26N2O/c1-13(18(2)11-10-17-15-8-9-15)12-14-6-4-5-7-16(14)19-3/h4-7,13,15,17H,8-12H2,1-3H3. The van der Waals surface area contributed by atoms with Crippen LogP contribution in [0.2, 0.25) is 0 Å². The summed E-state index contributed by atoms with van der Waals surface area (Å²) in [6.07, 6.45) is 3.75. The normalized spacial score (nSPS) is 16.6. The van der Waals surface area contributed by atoms with Crippen molar-refractivity contribution in [3.8, 4) is 5.75 Å². The van der Waals surface area contributed by atoms with Crippen LogP contribution in [0.25, 0.3) is 0 Å². The molecule has 0 aromatic heterocycles. The largest absolute Gasteiger partial charge is 0.496 e. The molecule has 0 aliphatic heterocycles. The van der Waals surface area contributed by atoms with E-state index in [9.17, 15) is 0 Å². The Morgan fingerprint density at radius 2 is 2.11 bits per heavy atom. The minimum Gasteiger partial charge on any atom is -0.496 e. The predicted octanol–water partition coefficient (Wildman–Crippen LogP) is 2.31. The van der Waals surface area contributed by atoms with Crippen molar-refractivity contribution in [1.29, 1.82) is 0 Å². The summed E-state index contributed by atoms with van der Waals surface area (Å²) in [5.41, 5.74) is 1.29. The topological polar surface area (TPSA) is 24.5 Å². The molecular formula is C16H26N2O. The number of rotatable bonds is 8. The van der Waals surface area contributed by atoms with Crippen molar-refractivity contribution in [2.24, 2.45) is 0 Å². The number of hydrogen-bond acceptors (Lipinski definition) is 3. The van der Waals surface area contributed by atoms with Crippen LogP contribution in [0.3, 0.4) is 0 Å². The summed E-state index contributed by atoms with van der Waals surface area (Å²) in [5, 5.41) is 3.56. The Bertz CT molecular complexity index is 390. The minimum absolute atomic E-state index is 0.525. The highest BCUT2D eigenvalue weighted by atomic mass is 16.5. The third-order valence-electron chi connectivity index (χ3n) is 3.94. The number of likely N-dealkylation sites (N-methyl/N-ethyl adjacent to an activating group) is 1. The number of nitrogens with one attached hydrogen (secondary N) is 1. The van der Waals surface area contributed by atoms with Gasteiger partial charge in [-0.2, -0.15) is 0 Å². The Hall–Kier alpha value is -1.06. The molecule has 1 aliphatic rings. The van der Waals surface area contributed by atoms with Crippen molar-refractivity contribution in [2.45, 2.75) is 38.3 Å². The van der Waals surface area contributed by atoms with Crippen LogP contribution < -0.4 is 10.1 Å². The van der Waals surface area contributed by atoms with Gasteiger partial charge >= 0.3 is 0 Å². The predicted molar refractivity (Wildman–Crippen MR) is 79.8 cm³/mol. The monoisotopic (exact) mass is 262 g/mol. The van der Waals surface area contributed by atoms with Gasteiger partial charge in [0, 0.05) is 25.2 Å². The number of benzene rings is 1. The molecule has 1 aromatic carbocycles. The van der Waals surface area contributed by atoms with Gasteiger partial charge in [0.2, 0.25) is 0 Å². The summed E-state index contributed by atoms with van der Waals surface area (Å²) in [6.45, 7) is 4.48. The van der Waals surface area contributed by atoms with E-state index in [1.165, 1.54) is 18.4 Å². The maximum Gasteiger partial charge on any atom is 0.122 e. The molecule has 0 saturated heterocycles. The van der Waals surface area contributed by atoms with Gasteiger partial charge in [-0.3, -0.25) is 0 Å². The molecule has 0 bridgehead atoms. The Kier molecular flexibility index (Phi) is 5.23. The third-order valence-corrected chi connectivity index (χ3v) is 3.94. The molecule has 0 radical (unpaired) electrons. The van der Waals surface area contributed by atoms with Gasteiger partial charge < -0.3 is 15.0 Å². The first-order valence-electron chi connectivity index (χ1n) is 7.26. The van der Waals surface area contributed by atoms with E-state index in [-0.39, 0.29) is 0 Å². The molecule has 3 heteroatoms. The van der Waals surface area contributed by atoms with E-state index >= 15 is 0 Å². The lowest BCUT2D eigenvalue weighted by Crippen LogP contribution is -2.37. The first-order valence-corrected chi connectivity index (χ1v) is 7.26. The van der Waals surface area contributed by atoms with Crippen molar-refractivity contribution in [2.75, 3.05) is 27.2 Å². The summed E-state index contributed by atoms with van der Waals surface area (Å²) in [4.78, 5) is 2.42. The molecule has 1 unspecified atom stereocenters. The average molecular weight is 262 g/mol. The van der Waals surface area contributed by atoms with E-state index in [0.29, 0.717) is 6.04 Å². The SMILES string of the molecule is COc1ccccc1CC(C)N(C)CCNC1CC1. The number of ether oxygens (including phenoxy) is 1. The lowest BCUT2D eigenvalue weighted by Gasteiger charge is -2.25. The average Bonchev–Trinajstić information content (AvgIpc) is 3.23. The van der Waals surface area contributed by atoms with Crippen molar-refractivity contribution in [3.63, 3.8) is 0 Å². The summed E-state index contributed by atoms with van der Waals surface area (Å²) >= 11 is 0. The molecule has 0 spiro atoms. The van der Waals surface area contributed by atoms with E-state index in [1.807, 2.05) is 12.1 Å². The number of hydrogen-bond donors (Lipinski definition) is 1. The van der Waals surface area contributed by atoms with Crippen LogP contribution >= 0.6 is 0 Å².